The van der Waals surface area contributed by atoms with Crippen LogP contribution in [-0.4, -0.2) is 28.1 Å². The maximum absolute atomic E-state index is 12.1. The summed E-state index contributed by atoms with van der Waals surface area (Å²) in [5.74, 6) is -0.166. The van der Waals surface area contributed by atoms with Gasteiger partial charge < -0.3 is 4.74 Å². The van der Waals surface area contributed by atoms with Gasteiger partial charge in [-0.25, -0.2) is 0 Å². The fourth-order valence-corrected chi connectivity index (χ4v) is 2.45. The topological polar surface area (TPSA) is 61.2 Å². The zero-order chi connectivity index (χ0) is 17.7. The summed E-state index contributed by atoms with van der Waals surface area (Å²) < 4.78 is 6.84. The van der Waals surface area contributed by atoms with Crippen molar-refractivity contribution in [3.8, 4) is 0 Å². The van der Waals surface area contributed by atoms with Crippen LogP contribution in [0.4, 0.5) is 0 Å². The molecule has 0 radical (unpaired) electrons. The Hall–Kier alpha value is -2.43. The normalized spacial score (nSPS) is 10.9. The zero-order valence-corrected chi connectivity index (χ0v) is 14.7. The lowest BCUT2D eigenvalue weighted by Gasteiger charge is -2.08. The van der Waals surface area contributed by atoms with Gasteiger partial charge in [-0.1, -0.05) is 38.1 Å². The van der Waals surface area contributed by atoms with E-state index in [2.05, 4.69) is 18.9 Å². The molecule has 0 fully saturated rings. The minimum atomic E-state index is -0.394. The summed E-state index contributed by atoms with van der Waals surface area (Å²) in [5, 5.41) is 4.29. The average Bonchev–Trinajstić information content (AvgIpc) is 2.88. The van der Waals surface area contributed by atoms with Gasteiger partial charge in [0.15, 0.2) is 12.4 Å². The fourth-order valence-electron chi connectivity index (χ4n) is 2.45. The maximum Gasteiger partial charge on any atom is 0.308 e. The van der Waals surface area contributed by atoms with E-state index in [9.17, 15) is 9.59 Å². The second-order valence-corrected chi connectivity index (χ2v) is 6.26. The number of esters is 1. The van der Waals surface area contributed by atoms with Gasteiger partial charge in [-0.05, 0) is 31.4 Å². The van der Waals surface area contributed by atoms with E-state index >= 15 is 0 Å². The molecular weight excluding hydrogens is 304 g/mol. The molecular formula is C19H24N2O3. The number of ether oxygens (including phenoxy) is 1. The highest BCUT2D eigenvalue weighted by Gasteiger charge is 2.11. The lowest BCUT2D eigenvalue weighted by molar-refractivity contribution is -0.142. The van der Waals surface area contributed by atoms with E-state index in [0.717, 1.165) is 11.4 Å². The van der Waals surface area contributed by atoms with Crippen molar-refractivity contribution in [2.75, 3.05) is 6.61 Å². The molecule has 0 atom stereocenters. The van der Waals surface area contributed by atoms with Crippen LogP contribution < -0.4 is 0 Å². The Morgan fingerprint density at radius 1 is 1.17 bits per heavy atom. The van der Waals surface area contributed by atoms with Crippen molar-refractivity contribution in [2.24, 2.45) is 0 Å². The lowest BCUT2D eigenvalue weighted by atomic mass is 10.0. The number of hydrogen-bond acceptors (Lipinski definition) is 4. The minimum Gasteiger partial charge on any atom is -0.457 e. The molecule has 1 heterocycles. The third kappa shape index (κ3) is 4.78. The number of carbonyl (C=O) groups excluding carboxylic acids is 2. The Morgan fingerprint density at radius 3 is 2.38 bits per heavy atom. The van der Waals surface area contributed by atoms with Crippen molar-refractivity contribution in [3.63, 3.8) is 0 Å². The van der Waals surface area contributed by atoms with Crippen LogP contribution >= 0.6 is 0 Å². The van der Waals surface area contributed by atoms with Gasteiger partial charge in [-0.2, -0.15) is 5.10 Å². The minimum absolute atomic E-state index is 0.190. The molecule has 0 saturated heterocycles. The molecule has 0 N–H and O–H groups in total. The SMILES string of the molecule is Cc1cc(C)n(CCC(=O)OCC(=O)c2ccc(C(C)C)cc2)n1. The largest absolute Gasteiger partial charge is 0.457 e. The van der Waals surface area contributed by atoms with Gasteiger partial charge in [0.1, 0.15) is 0 Å². The quantitative estimate of drug-likeness (QED) is 0.577. The predicted molar refractivity (Wildman–Crippen MR) is 92.1 cm³/mol. The molecule has 0 saturated carbocycles. The number of carbonyl (C=O) groups is 2. The first-order valence-electron chi connectivity index (χ1n) is 8.16. The number of ketones is 1. The molecule has 128 valence electrons. The Balaban J connectivity index is 1.80. The van der Waals surface area contributed by atoms with E-state index in [1.807, 2.05) is 32.0 Å². The Labute approximate surface area is 142 Å². The molecule has 0 aliphatic carbocycles. The monoisotopic (exact) mass is 328 g/mol. The van der Waals surface area contributed by atoms with Crippen LogP contribution in [-0.2, 0) is 16.1 Å². The van der Waals surface area contributed by atoms with E-state index in [1.54, 1.807) is 16.8 Å². The van der Waals surface area contributed by atoms with Crippen LogP contribution in [0, 0.1) is 13.8 Å². The molecule has 24 heavy (non-hydrogen) atoms. The average molecular weight is 328 g/mol. The van der Waals surface area contributed by atoms with Gasteiger partial charge in [0.05, 0.1) is 18.7 Å². The van der Waals surface area contributed by atoms with Crippen molar-refractivity contribution >= 4 is 11.8 Å². The van der Waals surface area contributed by atoms with Crippen molar-refractivity contribution in [1.82, 2.24) is 9.78 Å². The van der Waals surface area contributed by atoms with E-state index < -0.39 is 5.97 Å². The van der Waals surface area contributed by atoms with Crippen LogP contribution in [0.3, 0.4) is 0 Å². The van der Waals surface area contributed by atoms with Gasteiger partial charge in [0.2, 0.25) is 0 Å². The Morgan fingerprint density at radius 2 is 1.83 bits per heavy atom. The van der Waals surface area contributed by atoms with Crippen LogP contribution in [0.25, 0.3) is 0 Å². The summed E-state index contributed by atoms with van der Waals surface area (Å²) in [6.07, 6.45) is 0.196. The van der Waals surface area contributed by atoms with Gasteiger partial charge in [-0.15, -0.1) is 0 Å². The Kier molecular flexibility index (Phi) is 5.90. The van der Waals surface area contributed by atoms with E-state index in [0.29, 0.717) is 18.0 Å². The number of rotatable bonds is 7. The third-order valence-corrected chi connectivity index (χ3v) is 3.89. The molecule has 2 aromatic rings. The van der Waals surface area contributed by atoms with Crippen molar-refractivity contribution in [1.29, 1.82) is 0 Å². The van der Waals surface area contributed by atoms with Crippen LogP contribution in [0.2, 0.25) is 0 Å². The molecule has 1 aromatic heterocycles. The molecule has 2 rings (SSSR count). The first kappa shape index (κ1) is 17.9. The summed E-state index contributed by atoms with van der Waals surface area (Å²) in [7, 11) is 0. The fraction of sp³-hybridized carbons (Fsp3) is 0.421. The molecule has 0 aliphatic heterocycles. The highest BCUT2D eigenvalue weighted by Crippen LogP contribution is 2.15. The first-order chi connectivity index (χ1) is 11.4. The van der Waals surface area contributed by atoms with E-state index in [1.165, 1.54) is 5.56 Å². The standard InChI is InChI=1S/C19H24N2O3/c1-13(2)16-5-7-17(8-6-16)18(22)12-24-19(23)9-10-21-15(4)11-14(3)20-21/h5-8,11,13H,9-10,12H2,1-4H3. The smallest absolute Gasteiger partial charge is 0.308 e. The third-order valence-electron chi connectivity index (χ3n) is 3.89. The Bertz CT molecular complexity index is 715. The van der Waals surface area contributed by atoms with Crippen LogP contribution in [0.5, 0.6) is 0 Å². The highest BCUT2D eigenvalue weighted by atomic mass is 16.5. The molecule has 5 nitrogen and oxygen atoms in total. The molecule has 0 amide bonds. The number of Topliss-reactive ketones (excluding diaryl/α,β-unsaturated/α-hetero) is 1. The number of aromatic nitrogens is 2. The predicted octanol–water partition coefficient (Wildman–Crippen LogP) is 3.44. The zero-order valence-electron chi connectivity index (χ0n) is 14.7. The van der Waals surface area contributed by atoms with Crippen LogP contribution in [0.1, 0.15) is 53.5 Å². The number of nitrogens with zero attached hydrogens (tertiary/aromatic N) is 2. The van der Waals surface area contributed by atoms with Crippen molar-refractivity contribution < 1.29 is 14.3 Å². The summed E-state index contributed by atoms with van der Waals surface area (Å²) in [6.45, 7) is 8.27. The number of benzene rings is 1. The van der Waals surface area contributed by atoms with Crippen LogP contribution in [0.15, 0.2) is 30.3 Å². The second kappa shape index (κ2) is 7.90. The van der Waals surface area contributed by atoms with Crippen molar-refractivity contribution in [3.05, 3.63) is 52.8 Å². The molecule has 0 spiro atoms. The summed E-state index contributed by atoms with van der Waals surface area (Å²) in [5.41, 5.74) is 3.65. The molecule has 0 unspecified atom stereocenters. The first-order valence-corrected chi connectivity index (χ1v) is 8.16. The number of aryl methyl sites for hydroxylation is 3. The second-order valence-electron chi connectivity index (χ2n) is 6.26. The summed E-state index contributed by atoms with van der Waals surface area (Å²) in [4.78, 5) is 23.9. The summed E-state index contributed by atoms with van der Waals surface area (Å²) in [6, 6.07) is 9.38. The van der Waals surface area contributed by atoms with Gasteiger partial charge in [-0.3, -0.25) is 14.3 Å². The molecule has 0 bridgehead atoms. The van der Waals surface area contributed by atoms with Gasteiger partial charge >= 0.3 is 5.97 Å². The maximum atomic E-state index is 12.1. The van der Waals surface area contributed by atoms with Crippen molar-refractivity contribution in [2.45, 2.75) is 46.6 Å². The molecule has 1 aromatic carbocycles. The van der Waals surface area contributed by atoms with E-state index in [4.69, 9.17) is 4.74 Å². The highest BCUT2D eigenvalue weighted by molar-refractivity contribution is 5.97. The van der Waals surface area contributed by atoms with E-state index in [-0.39, 0.29) is 18.8 Å². The van der Waals surface area contributed by atoms with Gasteiger partial charge in [0, 0.05) is 11.3 Å². The molecule has 0 aliphatic rings. The van der Waals surface area contributed by atoms with Gasteiger partial charge in [0.25, 0.3) is 0 Å². The lowest BCUT2D eigenvalue weighted by Crippen LogP contribution is -2.16. The molecule has 5 heteroatoms. The number of hydrogen-bond donors (Lipinski definition) is 0. The summed E-state index contributed by atoms with van der Waals surface area (Å²) >= 11 is 0.